The van der Waals surface area contributed by atoms with Gasteiger partial charge in [-0.15, -0.1) is 0 Å². The maximum atomic E-state index is 13.7. The predicted octanol–water partition coefficient (Wildman–Crippen LogP) is 4.84. The van der Waals surface area contributed by atoms with E-state index in [-0.39, 0.29) is 23.6 Å². The van der Waals surface area contributed by atoms with Crippen LogP contribution in [0.2, 0.25) is 0 Å². The van der Waals surface area contributed by atoms with E-state index in [1.54, 1.807) is 39.1 Å². The molecule has 0 spiro atoms. The minimum absolute atomic E-state index is 0.222. The van der Waals surface area contributed by atoms with E-state index < -0.39 is 11.7 Å². The molecule has 7 heteroatoms. The summed E-state index contributed by atoms with van der Waals surface area (Å²) in [5.74, 6) is -0.156. The molecule has 1 aromatic carbocycles. The van der Waals surface area contributed by atoms with E-state index in [0.29, 0.717) is 5.92 Å². The van der Waals surface area contributed by atoms with Gasteiger partial charge in [-0.25, -0.2) is 14.6 Å². The normalized spacial score (nSPS) is 20.4. The number of ether oxygens (including phenoxy) is 1. The van der Waals surface area contributed by atoms with Gasteiger partial charge in [-0.1, -0.05) is 6.92 Å². The highest BCUT2D eigenvalue weighted by Crippen LogP contribution is 2.40. The van der Waals surface area contributed by atoms with Crippen molar-refractivity contribution in [2.45, 2.75) is 64.9 Å². The lowest BCUT2D eigenvalue weighted by Crippen LogP contribution is -2.47. The molecule has 2 N–H and O–H groups in total. The smallest absolute Gasteiger partial charge is 0.426 e. The molecule has 1 aliphatic rings. The minimum atomic E-state index is -0.677. The van der Waals surface area contributed by atoms with Crippen LogP contribution >= 0.6 is 0 Å². The summed E-state index contributed by atoms with van der Waals surface area (Å²) in [4.78, 5) is 28.5. The van der Waals surface area contributed by atoms with Crippen LogP contribution in [0.4, 0.5) is 9.18 Å². The molecule has 0 aliphatic heterocycles. The Morgan fingerprint density at radius 3 is 2.50 bits per heavy atom. The molecule has 30 heavy (non-hydrogen) atoms. The monoisotopic (exact) mass is 415 g/mol. The summed E-state index contributed by atoms with van der Waals surface area (Å²) in [6.07, 6.45) is 4.74. The summed E-state index contributed by atoms with van der Waals surface area (Å²) in [7, 11) is 0. The molecule has 3 rings (SSSR count). The zero-order chi connectivity index (χ0) is 21.9. The molecule has 0 unspecified atom stereocenters. The Bertz CT molecular complexity index is 918. The van der Waals surface area contributed by atoms with Crippen molar-refractivity contribution in [2.75, 3.05) is 0 Å². The van der Waals surface area contributed by atoms with Crippen LogP contribution in [0.3, 0.4) is 0 Å². The van der Waals surface area contributed by atoms with E-state index >= 15 is 0 Å². The molecule has 1 fully saturated rings. The lowest BCUT2D eigenvalue weighted by Gasteiger charge is -2.32. The zero-order valence-corrected chi connectivity index (χ0v) is 18.0. The highest BCUT2D eigenvalue weighted by Gasteiger charge is 2.30. The molecule has 6 nitrogen and oxygen atoms in total. The Morgan fingerprint density at radius 1 is 1.13 bits per heavy atom. The average Bonchev–Trinajstić information content (AvgIpc) is 2.70. The third kappa shape index (κ3) is 5.46. The average molecular weight is 416 g/mol. The summed E-state index contributed by atoms with van der Waals surface area (Å²) >= 11 is 0. The number of amides is 2. The van der Waals surface area contributed by atoms with Crippen LogP contribution in [0.1, 0.15) is 64.9 Å². The molecule has 0 radical (unpaired) electrons. The van der Waals surface area contributed by atoms with Gasteiger partial charge in [-0.3, -0.25) is 15.2 Å². The van der Waals surface area contributed by atoms with Gasteiger partial charge in [-0.05, 0) is 88.1 Å². The van der Waals surface area contributed by atoms with E-state index in [1.807, 2.05) is 13.0 Å². The van der Waals surface area contributed by atoms with Crippen molar-refractivity contribution >= 4 is 22.9 Å². The summed E-state index contributed by atoms with van der Waals surface area (Å²) < 4.78 is 18.9. The molecular formula is C23H30FN3O3. The maximum Gasteiger partial charge on any atom is 0.426 e. The van der Waals surface area contributed by atoms with Crippen molar-refractivity contribution < 1.29 is 18.7 Å². The number of benzene rings is 1. The molecule has 1 saturated carbocycles. The van der Waals surface area contributed by atoms with Gasteiger partial charge < -0.3 is 4.74 Å². The molecule has 162 valence electrons. The predicted molar refractivity (Wildman–Crippen MR) is 113 cm³/mol. The fourth-order valence-corrected chi connectivity index (χ4v) is 4.17. The van der Waals surface area contributed by atoms with Crippen LogP contribution in [-0.2, 0) is 9.53 Å². The van der Waals surface area contributed by atoms with Crippen molar-refractivity contribution in [3.63, 3.8) is 0 Å². The zero-order valence-electron chi connectivity index (χ0n) is 18.0. The standard InChI is InChI=1S/C23H30FN3O3/c1-14(21(28)26-27-22(29)30-23(2,3)4)15-5-7-16(8-6-15)18-11-12-25-20-10-9-17(24)13-19(18)20/h9-16H,5-8H2,1-4H3,(H,26,28)(H,27,29)/t14-,15?,16?/m1/s1. The summed E-state index contributed by atoms with van der Waals surface area (Å²) in [6, 6.07) is 6.68. The maximum absolute atomic E-state index is 13.7. The first-order valence-electron chi connectivity index (χ1n) is 10.5. The highest BCUT2D eigenvalue weighted by molar-refractivity contribution is 5.83. The van der Waals surface area contributed by atoms with E-state index in [4.69, 9.17) is 4.74 Å². The number of rotatable bonds is 3. The molecule has 1 aromatic heterocycles. The molecule has 0 bridgehead atoms. The number of hydrogen-bond donors (Lipinski definition) is 2. The Morgan fingerprint density at radius 2 is 1.83 bits per heavy atom. The Hall–Kier alpha value is -2.70. The van der Waals surface area contributed by atoms with E-state index in [1.165, 1.54) is 6.07 Å². The van der Waals surface area contributed by atoms with Crippen LogP contribution in [0.25, 0.3) is 10.9 Å². The molecule has 2 amide bonds. The first-order valence-corrected chi connectivity index (χ1v) is 10.5. The van der Waals surface area contributed by atoms with Gasteiger partial charge in [0.05, 0.1) is 5.52 Å². The van der Waals surface area contributed by atoms with Crippen LogP contribution in [0, 0.1) is 17.7 Å². The second-order valence-corrected chi connectivity index (χ2v) is 9.08. The fraction of sp³-hybridized carbons (Fsp3) is 0.522. The quantitative estimate of drug-likeness (QED) is 0.703. The summed E-state index contributed by atoms with van der Waals surface area (Å²) in [5, 5.41) is 0.869. The number of carbonyl (C=O) groups is 2. The van der Waals surface area contributed by atoms with Crippen LogP contribution < -0.4 is 10.9 Å². The van der Waals surface area contributed by atoms with Gasteiger partial charge >= 0.3 is 6.09 Å². The Balaban J connectivity index is 1.56. The number of nitrogens with zero attached hydrogens (tertiary/aromatic N) is 1. The second-order valence-electron chi connectivity index (χ2n) is 9.08. The van der Waals surface area contributed by atoms with Gasteiger partial charge in [0.1, 0.15) is 11.4 Å². The van der Waals surface area contributed by atoms with Gasteiger partial charge in [0.25, 0.3) is 0 Å². The summed E-state index contributed by atoms with van der Waals surface area (Å²) in [5.41, 5.74) is 6.08. The van der Waals surface area contributed by atoms with Crippen molar-refractivity contribution in [3.05, 3.63) is 41.8 Å². The first-order chi connectivity index (χ1) is 14.1. The SMILES string of the molecule is C[C@@H](C(=O)NNC(=O)OC(C)(C)C)C1CCC(c2ccnc3ccc(F)cc23)CC1. The largest absolute Gasteiger partial charge is 0.443 e. The topological polar surface area (TPSA) is 80.3 Å². The van der Waals surface area contributed by atoms with Crippen molar-refractivity contribution in [3.8, 4) is 0 Å². The number of carbonyl (C=O) groups excluding carboxylic acids is 2. The Labute approximate surface area is 176 Å². The Kier molecular flexibility index (Phi) is 6.58. The number of fused-ring (bicyclic) bond motifs is 1. The van der Waals surface area contributed by atoms with E-state index in [0.717, 1.165) is 42.1 Å². The molecule has 0 saturated heterocycles. The van der Waals surface area contributed by atoms with Crippen molar-refractivity contribution in [2.24, 2.45) is 11.8 Å². The number of hydrazine groups is 1. The molecule has 1 aliphatic carbocycles. The molecule has 2 aromatic rings. The van der Waals surface area contributed by atoms with Gasteiger partial charge in [0.15, 0.2) is 0 Å². The van der Waals surface area contributed by atoms with Crippen molar-refractivity contribution in [1.82, 2.24) is 15.8 Å². The summed E-state index contributed by atoms with van der Waals surface area (Å²) in [6.45, 7) is 7.16. The molecule has 1 atom stereocenters. The van der Waals surface area contributed by atoms with Crippen molar-refractivity contribution in [1.29, 1.82) is 0 Å². The van der Waals surface area contributed by atoms with Gasteiger partial charge in [0, 0.05) is 17.5 Å². The first kappa shape index (κ1) is 22.0. The third-order valence-corrected chi connectivity index (χ3v) is 5.76. The number of halogens is 1. The van der Waals surface area contributed by atoms with E-state index in [2.05, 4.69) is 15.8 Å². The lowest BCUT2D eigenvalue weighted by molar-refractivity contribution is -0.127. The number of aromatic nitrogens is 1. The van der Waals surface area contributed by atoms with Gasteiger partial charge in [0.2, 0.25) is 5.91 Å². The number of hydrogen-bond acceptors (Lipinski definition) is 4. The van der Waals surface area contributed by atoms with Crippen LogP contribution in [-0.4, -0.2) is 22.6 Å². The molecule has 1 heterocycles. The highest BCUT2D eigenvalue weighted by atomic mass is 19.1. The van der Waals surface area contributed by atoms with Crippen LogP contribution in [0.5, 0.6) is 0 Å². The number of nitrogens with one attached hydrogen (secondary N) is 2. The number of pyridine rings is 1. The molecular weight excluding hydrogens is 385 g/mol. The van der Waals surface area contributed by atoms with Gasteiger partial charge in [-0.2, -0.15) is 0 Å². The minimum Gasteiger partial charge on any atom is -0.443 e. The van der Waals surface area contributed by atoms with E-state index in [9.17, 15) is 14.0 Å². The lowest BCUT2D eigenvalue weighted by atomic mass is 9.73. The van der Waals surface area contributed by atoms with Crippen LogP contribution in [0.15, 0.2) is 30.5 Å². The second kappa shape index (κ2) is 8.98. The third-order valence-electron chi connectivity index (χ3n) is 5.76. The fourth-order valence-electron chi connectivity index (χ4n) is 4.17.